The zero-order chi connectivity index (χ0) is 13.1. The SMILES string of the molecule is O=C(O)c1ccncc1-c1cccnc1C(=O)O. The third-order valence-electron chi connectivity index (χ3n) is 2.35. The van der Waals surface area contributed by atoms with Crippen molar-refractivity contribution in [2.75, 3.05) is 0 Å². The van der Waals surface area contributed by atoms with Crippen LogP contribution in [0.25, 0.3) is 11.1 Å². The Bertz CT molecular complexity index is 569. The number of nitrogens with zero attached hydrogens (tertiary/aromatic N) is 2. The predicted octanol–water partition coefficient (Wildman–Crippen LogP) is 1.54. The molecule has 0 aliphatic heterocycles. The number of hydrogen-bond acceptors (Lipinski definition) is 4. The molecule has 0 radical (unpaired) electrons. The Balaban J connectivity index is 2.70. The lowest BCUT2D eigenvalue weighted by molar-refractivity contribution is 0.0680. The van der Waals surface area contributed by atoms with Crippen LogP contribution in [0.4, 0.5) is 0 Å². The maximum absolute atomic E-state index is 11.1. The molecule has 0 saturated carbocycles. The Morgan fingerprint density at radius 2 is 1.78 bits per heavy atom. The summed E-state index contributed by atoms with van der Waals surface area (Å²) >= 11 is 0. The van der Waals surface area contributed by atoms with Crippen molar-refractivity contribution in [3.63, 3.8) is 0 Å². The first kappa shape index (κ1) is 11.7. The largest absolute Gasteiger partial charge is 0.478 e. The fourth-order valence-corrected chi connectivity index (χ4v) is 1.59. The summed E-state index contributed by atoms with van der Waals surface area (Å²) in [7, 11) is 0. The second kappa shape index (κ2) is 4.62. The fourth-order valence-electron chi connectivity index (χ4n) is 1.59. The van der Waals surface area contributed by atoms with Crippen LogP contribution in [0, 0.1) is 0 Å². The van der Waals surface area contributed by atoms with Crippen molar-refractivity contribution in [1.82, 2.24) is 9.97 Å². The molecule has 2 aromatic heterocycles. The Morgan fingerprint density at radius 3 is 2.44 bits per heavy atom. The highest BCUT2D eigenvalue weighted by Gasteiger charge is 2.18. The van der Waals surface area contributed by atoms with Crippen molar-refractivity contribution < 1.29 is 19.8 Å². The summed E-state index contributed by atoms with van der Waals surface area (Å²) in [5.74, 6) is -2.36. The molecule has 90 valence electrons. The molecule has 0 spiro atoms. The van der Waals surface area contributed by atoms with Crippen molar-refractivity contribution in [2.24, 2.45) is 0 Å². The number of carboxylic acid groups (broad SMARTS) is 2. The molecule has 2 N–H and O–H groups in total. The minimum absolute atomic E-state index is 0.0134. The monoisotopic (exact) mass is 244 g/mol. The van der Waals surface area contributed by atoms with Crippen LogP contribution in [0.3, 0.4) is 0 Å². The highest BCUT2D eigenvalue weighted by molar-refractivity contribution is 6.00. The molecular formula is C12H8N2O4. The lowest BCUT2D eigenvalue weighted by Gasteiger charge is -2.07. The zero-order valence-corrected chi connectivity index (χ0v) is 9.07. The Labute approximate surface area is 102 Å². The molecule has 0 aliphatic carbocycles. The lowest BCUT2D eigenvalue weighted by Crippen LogP contribution is -2.06. The average Bonchev–Trinajstić information content (AvgIpc) is 2.38. The molecule has 0 atom stereocenters. The maximum Gasteiger partial charge on any atom is 0.355 e. The van der Waals surface area contributed by atoms with Crippen molar-refractivity contribution >= 4 is 11.9 Å². The zero-order valence-electron chi connectivity index (χ0n) is 9.07. The number of pyridine rings is 2. The van der Waals surface area contributed by atoms with E-state index in [9.17, 15) is 9.59 Å². The molecule has 2 rings (SSSR count). The molecule has 0 fully saturated rings. The van der Waals surface area contributed by atoms with Crippen LogP contribution in [-0.2, 0) is 0 Å². The second-order valence-corrected chi connectivity index (χ2v) is 3.43. The highest BCUT2D eigenvalue weighted by atomic mass is 16.4. The van der Waals surface area contributed by atoms with Gasteiger partial charge in [0.25, 0.3) is 0 Å². The van der Waals surface area contributed by atoms with Crippen LogP contribution in [-0.4, -0.2) is 32.1 Å². The van der Waals surface area contributed by atoms with Gasteiger partial charge in [0, 0.05) is 29.7 Å². The van der Waals surface area contributed by atoms with Crippen molar-refractivity contribution in [3.8, 4) is 11.1 Å². The average molecular weight is 244 g/mol. The molecule has 18 heavy (non-hydrogen) atoms. The van der Waals surface area contributed by atoms with Gasteiger partial charge in [-0.2, -0.15) is 0 Å². The lowest BCUT2D eigenvalue weighted by atomic mass is 10.0. The van der Waals surface area contributed by atoms with E-state index in [0.29, 0.717) is 0 Å². The third-order valence-corrected chi connectivity index (χ3v) is 2.35. The van der Waals surface area contributed by atoms with Gasteiger partial charge >= 0.3 is 11.9 Å². The van der Waals surface area contributed by atoms with Gasteiger partial charge in [-0.05, 0) is 12.1 Å². The maximum atomic E-state index is 11.1. The minimum atomic E-state index is -1.22. The summed E-state index contributed by atoms with van der Waals surface area (Å²) in [5, 5.41) is 18.1. The molecule has 2 aromatic rings. The molecule has 0 aromatic carbocycles. The van der Waals surface area contributed by atoms with Crippen LogP contribution < -0.4 is 0 Å². The molecule has 0 unspecified atom stereocenters. The van der Waals surface area contributed by atoms with Gasteiger partial charge in [0.1, 0.15) is 0 Å². The van der Waals surface area contributed by atoms with E-state index >= 15 is 0 Å². The van der Waals surface area contributed by atoms with Gasteiger partial charge in [-0.25, -0.2) is 14.6 Å². The van der Waals surface area contributed by atoms with Crippen molar-refractivity contribution in [1.29, 1.82) is 0 Å². The first-order chi connectivity index (χ1) is 8.61. The van der Waals surface area contributed by atoms with Crippen LogP contribution in [0.5, 0.6) is 0 Å². The third kappa shape index (κ3) is 2.03. The Hall–Kier alpha value is -2.76. The summed E-state index contributed by atoms with van der Waals surface area (Å²) in [6, 6.07) is 4.36. The van der Waals surface area contributed by atoms with Gasteiger partial charge in [0.2, 0.25) is 0 Å². The summed E-state index contributed by atoms with van der Waals surface area (Å²) < 4.78 is 0. The van der Waals surface area contributed by atoms with Crippen LogP contribution in [0.1, 0.15) is 20.8 Å². The predicted molar refractivity (Wildman–Crippen MR) is 61.4 cm³/mol. The standard InChI is InChI=1S/C12H8N2O4/c15-11(16)8-3-5-13-6-9(8)7-2-1-4-14-10(7)12(17)18/h1-6H,(H,15,16)(H,17,18). The summed E-state index contributed by atoms with van der Waals surface area (Å²) in [5.41, 5.74) is 0.250. The summed E-state index contributed by atoms with van der Waals surface area (Å²) in [6.45, 7) is 0. The second-order valence-electron chi connectivity index (χ2n) is 3.43. The quantitative estimate of drug-likeness (QED) is 0.849. The summed E-state index contributed by atoms with van der Waals surface area (Å²) in [4.78, 5) is 29.7. The molecule has 6 nitrogen and oxygen atoms in total. The number of carbonyl (C=O) groups is 2. The normalized spacial score (nSPS) is 10.0. The van der Waals surface area contributed by atoms with Gasteiger partial charge < -0.3 is 10.2 Å². The molecular weight excluding hydrogens is 236 g/mol. The first-order valence-corrected chi connectivity index (χ1v) is 4.97. The number of rotatable bonds is 3. The molecule has 6 heteroatoms. The van der Waals surface area contributed by atoms with Crippen LogP contribution in [0.2, 0.25) is 0 Å². The molecule has 0 saturated heterocycles. The van der Waals surface area contributed by atoms with Crippen LogP contribution in [0.15, 0.2) is 36.8 Å². The van der Waals surface area contributed by atoms with Gasteiger partial charge in [0.15, 0.2) is 5.69 Å². The van der Waals surface area contributed by atoms with E-state index < -0.39 is 11.9 Å². The van der Waals surface area contributed by atoms with E-state index in [1.807, 2.05) is 0 Å². The number of carboxylic acids is 2. The van der Waals surface area contributed by atoms with E-state index in [-0.39, 0.29) is 22.4 Å². The fraction of sp³-hybridized carbons (Fsp3) is 0. The van der Waals surface area contributed by atoms with Crippen molar-refractivity contribution in [3.05, 3.63) is 48.0 Å². The van der Waals surface area contributed by atoms with Gasteiger partial charge in [-0.1, -0.05) is 6.07 Å². The van der Waals surface area contributed by atoms with E-state index in [1.165, 1.54) is 30.7 Å². The molecule has 0 amide bonds. The van der Waals surface area contributed by atoms with E-state index in [4.69, 9.17) is 10.2 Å². The molecule has 0 bridgehead atoms. The Morgan fingerprint density at radius 1 is 1.00 bits per heavy atom. The molecule has 0 aliphatic rings. The van der Waals surface area contributed by atoms with Gasteiger partial charge in [-0.3, -0.25) is 4.98 Å². The topological polar surface area (TPSA) is 100 Å². The number of hydrogen-bond donors (Lipinski definition) is 2. The van der Waals surface area contributed by atoms with E-state index in [1.54, 1.807) is 6.07 Å². The Kier molecular flexibility index (Phi) is 3.01. The van der Waals surface area contributed by atoms with Gasteiger partial charge in [0.05, 0.1) is 5.56 Å². The van der Waals surface area contributed by atoms with Crippen LogP contribution >= 0.6 is 0 Å². The van der Waals surface area contributed by atoms with Crippen molar-refractivity contribution in [2.45, 2.75) is 0 Å². The first-order valence-electron chi connectivity index (χ1n) is 4.97. The smallest absolute Gasteiger partial charge is 0.355 e. The van der Waals surface area contributed by atoms with E-state index in [2.05, 4.69) is 9.97 Å². The van der Waals surface area contributed by atoms with E-state index in [0.717, 1.165) is 0 Å². The highest BCUT2D eigenvalue weighted by Crippen LogP contribution is 2.25. The van der Waals surface area contributed by atoms with Gasteiger partial charge in [-0.15, -0.1) is 0 Å². The number of aromatic nitrogens is 2. The summed E-state index contributed by atoms with van der Waals surface area (Å²) in [6.07, 6.45) is 3.99. The molecule has 2 heterocycles. The number of aromatic carboxylic acids is 2. The minimum Gasteiger partial charge on any atom is -0.478 e.